The molecular weight excluding hydrogens is 398 g/mol. The highest BCUT2D eigenvalue weighted by atomic mass is 16.5. The predicted molar refractivity (Wildman–Crippen MR) is 125 cm³/mol. The van der Waals surface area contributed by atoms with Crippen LogP contribution in [0, 0.1) is 0 Å². The van der Waals surface area contributed by atoms with E-state index >= 15 is 0 Å². The van der Waals surface area contributed by atoms with Gasteiger partial charge in [0.05, 0.1) is 6.61 Å². The van der Waals surface area contributed by atoms with Crippen molar-refractivity contribution in [2.45, 2.75) is 37.3 Å². The first-order chi connectivity index (χ1) is 15.5. The maximum absolute atomic E-state index is 13.4. The summed E-state index contributed by atoms with van der Waals surface area (Å²) in [6, 6.07) is 25.5. The Bertz CT molecular complexity index is 1070. The molecule has 1 aliphatic carbocycles. The Hall–Kier alpha value is -2.95. The van der Waals surface area contributed by atoms with Crippen LogP contribution in [0.4, 0.5) is 0 Å². The maximum Gasteiger partial charge on any atom is 0.347 e. The second-order valence-electron chi connectivity index (χ2n) is 9.02. The molecule has 32 heavy (non-hydrogen) atoms. The summed E-state index contributed by atoms with van der Waals surface area (Å²) in [4.78, 5) is 15.8. The molecule has 4 nitrogen and oxygen atoms in total. The summed E-state index contributed by atoms with van der Waals surface area (Å²) in [7, 11) is 0. The van der Waals surface area contributed by atoms with Crippen molar-refractivity contribution >= 4 is 5.97 Å². The van der Waals surface area contributed by atoms with Gasteiger partial charge in [-0.2, -0.15) is 0 Å². The first kappa shape index (κ1) is 20.9. The zero-order valence-electron chi connectivity index (χ0n) is 18.5. The van der Waals surface area contributed by atoms with Crippen LogP contribution in [0.25, 0.3) is 11.1 Å². The van der Waals surface area contributed by atoms with Crippen LogP contribution in [0.15, 0.2) is 78.9 Å². The third kappa shape index (κ3) is 3.26. The Balaban J connectivity index is 1.39. The number of likely N-dealkylation sites (tertiary alicyclic amines) is 1. The van der Waals surface area contributed by atoms with E-state index in [0.717, 1.165) is 24.2 Å². The Kier molecular flexibility index (Phi) is 5.36. The van der Waals surface area contributed by atoms with E-state index in [9.17, 15) is 9.90 Å². The molecule has 0 spiro atoms. The monoisotopic (exact) mass is 427 g/mol. The van der Waals surface area contributed by atoms with Crippen molar-refractivity contribution in [2.24, 2.45) is 0 Å². The number of hydrogen-bond donors (Lipinski definition) is 1. The predicted octanol–water partition coefficient (Wildman–Crippen LogP) is 4.85. The van der Waals surface area contributed by atoms with E-state index in [1.54, 1.807) is 0 Å². The number of nitrogens with zero attached hydrogens (tertiary/aromatic N) is 1. The summed E-state index contributed by atoms with van der Waals surface area (Å²) < 4.78 is 5.80. The van der Waals surface area contributed by atoms with Gasteiger partial charge >= 0.3 is 5.97 Å². The summed E-state index contributed by atoms with van der Waals surface area (Å²) in [5.74, 6) is -0.605. The molecule has 1 N–H and O–H groups in total. The Labute approximate surface area is 189 Å². The summed E-state index contributed by atoms with van der Waals surface area (Å²) in [5.41, 5.74) is 2.19. The molecule has 0 radical (unpaired) electrons. The zero-order valence-corrected chi connectivity index (χ0v) is 18.5. The summed E-state index contributed by atoms with van der Waals surface area (Å²) >= 11 is 0. The summed E-state index contributed by atoms with van der Waals surface area (Å²) in [5, 5.41) is 11.6. The zero-order chi connectivity index (χ0) is 22.2. The second kappa shape index (κ2) is 8.19. The van der Waals surface area contributed by atoms with Crippen LogP contribution in [0.3, 0.4) is 0 Å². The Morgan fingerprint density at radius 3 is 2.03 bits per heavy atom. The Morgan fingerprint density at radius 2 is 1.44 bits per heavy atom. The molecule has 1 atom stereocenters. The lowest BCUT2D eigenvalue weighted by atomic mass is 9.87. The first-order valence-electron chi connectivity index (χ1n) is 11.4. The van der Waals surface area contributed by atoms with Gasteiger partial charge in [0, 0.05) is 23.1 Å². The number of hydrogen-bond acceptors (Lipinski definition) is 4. The average Bonchev–Trinajstić information content (AvgIpc) is 3.47. The molecule has 164 valence electrons. The van der Waals surface area contributed by atoms with Gasteiger partial charge in [0.15, 0.2) is 0 Å². The molecule has 0 unspecified atom stereocenters. The van der Waals surface area contributed by atoms with E-state index in [1.807, 2.05) is 54.6 Å². The minimum Gasteiger partial charge on any atom is -0.463 e. The van der Waals surface area contributed by atoms with E-state index in [2.05, 4.69) is 36.1 Å². The number of ether oxygens (including phenoxy) is 1. The molecule has 3 aromatic carbocycles. The van der Waals surface area contributed by atoms with Gasteiger partial charge in [-0.05, 0) is 49.5 Å². The van der Waals surface area contributed by atoms with Gasteiger partial charge in [0.25, 0.3) is 0 Å². The van der Waals surface area contributed by atoms with Gasteiger partial charge in [-0.3, -0.25) is 4.90 Å². The summed E-state index contributed by atoms with van der Waals surface area (Å²) in [6.45, 7) is 4.57. The van der Waals surface area contributed by atoms with Gasteiger partial charge < -0.3 is 9.84 Å². The highest BCUT2D eigenvalue weighted by Crippen LogP contribution is 2.48. The fourth-order valence-electron chi connectivity index (χ4n) is 5.37. The molecule has 0 aromatic heterocycles. The largest absolute Gasteiger partial charge is 0.463 e. The molecular formula is C28H29NO3. The van der Waals surface area contributed by atoms with Crippen molar-refractivity contribution in [3.8, 4) is 11.1 Å². The molecule has 0 bridgehead atoms. The van der Waals surface area contributed by atoms with Crippen LogP contribution in [-0.4, -0.2) is 35.7 Å². The highest BCUT2D eigenvalue weighted by molar-refractivity contribution is 5.96. The van der Waals surface area contributed by atoms with Crippen molar-refractivity contribution in [3.63, 3.8) is 0 Å². The molecule has 1 saturated heterocycles. The number of carbonyl (C=O) groups is 1. The van der Waals surface area contributed by atoms with Crippen molar-refractivity contribution in [1.29, 1.82) is 0 Å². The van der Waals surface area contributed by atoms with E-state index in [1.165, 1.54) is 18.4 Å². The number of fused-ring (bicyclic) bond motifs is 3. The van der Waals surface area contributed by atoms with Crippen LogP contribution in [0.2, 0.25) is 0 Å². The minimum atomic E-state index is -1.77. The highest BCUT2D eigenvalue weighted by Gasteiger charge is 2.49. The fraction of sp³-hybridized carbons (Fsp3) is 0.321. The van der Waals surface area contributed by atoms with Crippen molar-refractivity contribution in [3.05, 3.63) is 95.6 Å². The number of carbonyl (C=O) groups excluding carboxylic acids is 1. The van der Waals surface area contributed by atoms with Crippen molar-refractivity contribution < 1.29 is 14.6 Å². The third-order valence-corrected chi connectivity index (χ3v) is 7.24. The third-order valence-electron chi connectivity index (χ3n) is 7.24. The van der Waals surface area contributed by atoms with Crippen LogP contribution in [0.1, 0.15) is 42.9 Å². The number of aliphatic hydroxyl groups is 1. The average molecular weight is 428 g/mol. The molecule has 0 saturated carbocycles. The second-order valence-corrected chi connectivity index (χ2v) is 9.02. The van der Waals surface area contributed by atoms with Crippen molar-refractivity contribution in [1.82, 2.24) is 4.90 Å². The Morgan fingerprint density at radius 1 is 0.906 bits per heavy atom. The van der Waals surface area contributed by atoms with Gasteiger partial charge in [0.1, 0.15) is 0 Å². The number of esters is 1. The van der Waals surface area contributed by atoms with Crippen LogP contribution in [0.5, 0.6) is 0 Å². The molecule has 1 fully saturated rings. The smallest absolute Gasteiger partial charge is 0.347 e. The lowest BCUT2D eigenvalue weighted by molar-refractivity contribution is -0.162. The standard InChI is InChI=1S/C28H29NO3/c1-27(29-18-9-10-19-29,21-11-3-2-4-12-21)17-20-32-26(30)28(31)24-15-7-5-13-22(24)23-14-6-8-16-25(23)28/h2-8,11-16,31H,9-10,17-20H2,1H3/t27-/m1/s1. The lowest BCUT2D eigenvalue weighted by Crippen LogP contribution is -2.44. The van der Waals surface area contributed by atoms with E-state index in [0.29, 0.717) is 17.5 Å². The lowest BCUT2D eigenvalue weighted by Gasteiger charge is -2.39. The van der Waals surface area contributed by atoms with Crippen LogP contribution < -0.4 is 0 Å². The molecule has 4 heteroatoms. The fourth-order valence-corrected chi connectivity index (χ4v) is 5.37. The number of rotatable bonds is 6. The van der Waals surface area contributed by atoms with E-state index < -0.39 is 11.6 Å². The van der Waals surface area contributed by atoms with Crippen molar-refractivity contribution in [2.75, 3.05) is 19.7 Å². The quantitative estimate of drug-likeness (QED) is 0.572. The SMILES string of the molecule is C[C@@](CCOC(=O)C1(O)c2ccccc2-c2ccccc21)(c1ccccc1)N1CCCC1. The van der Waals surface area contributed by atoms with E-state index in [4.69, 9.17) is 4.74 Å². The molecule has 0 amide bonds. The van der Waals surface area contributed by atoms with Gasteiger partial charge in [-0.1, -0.05) is 78.9 Å². The summed E-state index contributed by atoms with van der Waals surface area (Å²) in [6.07, 6.45) is 3.05. The van der Waals surface area contributed by atoms with Gasteiger partial charge in [-0.15, -0.1) is 0 Å². The van der Waals surface area contributed by atoms with Gasteiger partial charge in [-0.25, -0.2) is 4.79 Å². The molecule has 5 rings (SSSR count). The van der Waals surface area contributed by atoms with Gasteiger partial charge in [0.2, 0.25) is 5.60 Å². The number of benzene rings is 3. The maximum atomic E-state index is 13.4. The van der Waals surface area contributed by atoms with Crippen LogP contribution in [-0.2, 0) is 20.7 Å². The van der Waals surface area contributed by atoms with Crippen LogP contribution >= 0.6 is 0 Å². The van der Waals surface area contributed by atoms with E-state index in [-0.39, 0.29) is 12.1 Å². The first-order valence-corrected chi connectivity index (χ1v) is 11.4. The molecule has 2 aliphatic rings. The minimum absolute atomic E-state index is 0.216. The topological polar surface area (TPSA) is 49.8 Å². The normalized spacial score (nSPS) is 18.6. The molecule has 3 aromatic rings. The molecule has 1 aliphatic heterocycles. The molecule has 1 heterocycles.